The lowest BCUT2D eigenvalue weighted by atomic mass is 9.47. The number of benzene rings is 1. The van der Waals surface area contributed by atoms with Crippen molar-refractivity contribution in [3.63, 3.8) is 0 Å². The second kappa shape index (κ2) is 31.7. The molecule has 1 aromatic rings. The number of aryl methyl sites for hydroxylation is 1. The maximum Gasteiger partial charge on any atom is 0.333 e. The number of esters is 5. The van der Waals surface area contributed by atoms with Crippen LogP contribution in [0.25, 0.3) is 0 Å². The molecule has 0 spiro atoms. The molecule has 17 fully saturated rings. The number of carbonyl (C=O) groups excluding carboxylic acids is 5. The Morgan fingerprint density at radius 1 is 0.460 bits per heavy atom. The second-order valence-electron chi connectivity index (χ2n) is 35.5. The van der Waals surface area contributed by atoms with Gasteiger partial charge in [0.2, 0.25) is 0 Å². The summed E-state index contributed by atoms with van der Waals surface area (Å²) in [6.45, 7) is 46.7. The molecule has 3 unspecified atom stereocenters. The highest BCUT2D eigenvalue weighted by Crippen LogP contribution is 2.65. The zero-order valence-electron chi connectivity index (χ0n) is 64.2. The lowest BCUT2D eigenvalue weighted by molar-refractivity contribution is -0.260. The van der Waals surface area contributed by atoms with E-state index >= 15 is 0 Å². The number of aliphatic hydroxyl groups is 2. The van der Waals surface area contributed by atoms with E-state index in [4.69, 9.17) is 33.2 Å². The van der Waals surface area contributed by atoms with Crippen LogP contribution in [0.1, 0.15) is 269 Å². The number of hydrogen-bond donors (Lipinski definition) is 2. The third kappa shape index (κ3) is 17.5. The van der Waals surface area contributed by atoms with Gasteiger partial charge in [0.25, 0.3) is 0 Å². The van der Waals surface area contributed by atoms with Gasteiger partial charge in [-0.15, -0.1) is 0 Å². The smallest absolute Gasteiger partial charge is 0.333 e. The summed E-state index contributed by atoms with van der Waals surface area (Å²) in [6.07, 6.45) is 29.3. The SMILES string of the molecule is C=C(C)C(=O)OC1(C(C)C)C2CC3CC(C2)CC1C3.C=C(C)C(=O)OC1(C(C)C)CCCC1.C=C(C)C(=O)OC1(C)C2CC3CC(C2)CC1C3.C=C(C)C(=O)OC1(CC)C2CC3CC(C2)CC1C3.C=C(C)C(=O)OC12CC3CC(O)(CC(O)(C3)C1)C2.CCOC(C)Oc1ccc(CC)cc1. The van der Waals surface area contributed by atoms with E-state index in [9.17, 15) is 34.2 Å². The normalized spacial score (nSPS) is 37.7. The molecular weight excluding hydrogens is 1260 g/mol. The molecule has 0 aliphatic heterocycles. The summed E-state index contributed by atoms with van der Waals surface area (Å²) in [6, 6.07) is 8.12. The minimum absolute atomic E-state index is 0.163. The zero-order chi connectivity index (χ0) is 73.2. The number of carbonyl (C=O) groups is 5. The van der Waals surface area contributed by atoms with Crippen LogP contribution < -0.4 is 4.74 Å². The van der Waals surface area contributed by atoms with Crippen molar-refractivity contribution in [2.45, 2.75) is 316 Å². The van der Waals surface area contributed by atoms with Gasteiger partial charge in [0.1, 0.15) is 33.8 Å². The van der Waals surface area contributed by atoms with Gasteiger partial charge < -0.3 is 43.4 Å². The van der Waals surface area contributed by atoms with E-state index in [2.05, 4.69) is 93.5 Å². The average Bonchev–Trinajstić information content (AvgIpc) is 0.781. The molecule has 2 N–H and O–H groups in total. The number of rotatable bonds is 18. The van der Waals surface area contributed by atoms with E-state index in [-0.39, 0.29) is 58.5 Å². The van der Waals surface area contributed by atoms with Crippen LogP contribution in [0.5, 0.6) is 5.75 Å². The third-order valence-electron chi connectivity index (χ3n) is 26.9. The summed E-state index contributed by atoms with van der Waals surface area (Å²) < 4.78 is 39.9. The fourth-order valence-electron chi connectivity index (χ4n) is 23.0. The quantitative estimate of drug-likeness (QED) is 0.0611. The van der Waals surface area contributed by atoms with Gasteiger partial charge in [0, 0.05) is 53.7 Å². The first-order valence-electron chi connectivity index (χ1n) is 39.2. The molecule has 100 heavy (non-hydrogen) atoms. The van der Waals surface area contributed by atoms with Gasteiger partial charge in [-0.25, -0.2) is 24.0 Å². The summed E-state index contributed by atoms with van der Waals surface area (Å²) >= 11 is 0. The molecule has 17 saturated carbocycles. The van der Waals surface area contributed by atoms with Crippen molar-refractivity contribution in [2.75, 3.05) is 6.61 Å². The van der Waals surface area contributed by atoms with E-state index in [0.29, 0.717) is 101 Å². The monoisotopic (exact) mass is 1390 g/mol. The first-order chi connectivity index (χ1) is 46.9. The van der Waals surface area contributed by atoms with Crippen LogP contribution in [0.15, 0.2) is 85.0 Å². The molecule has 0 amide bonds. The molecule has 17 aliphatic rings. The maximum atomic E-state index is 12.1. The Bertz CT molecular complexity index is 3040. The lowest BCUT2D eigenvalue weighted by Gasteiger charge is -2.62. The minimum atomic E-state index is -0.858. The van der Waals surface area contributed by atoms with Gasteiger partial charge in [-0.2, -0.15) is 0 Å². The summed E-state index contributed by atoms with van der Waals surface area (Å²) in [5, 5.41) is 21.0. The topological polar surface area (TPSA) is 190 Å². The van der Waals surface area contributed by atoms with E-state index in [1.165, 1.54) is 115 Å². The molecule has 558 valence electrons. The van der Waals surface area contributed by atoms with Crippen molar-refractivity contribution >= 4 is 29.8 Å². The highest BCUT2D eigenvalue weighted by atomic mass is 16.7. The summed E-state index contributed by atoms with van der Waals surface area (Å²) in [7, 11) is 0. The van der Waals surface area contributed by atoms with Gasteiger partial charge in [-0.1, -0.05) is 86.6 Å². The molecular formula is C86H130O14. The predicted molar refractivity (Wildman–Crippen MR) is 392 cm³/mol. The van der Waals surface area contributed by atoms with Crippen molar-refractivity contribution in [3.05, 3.63) is 90.6 Å². The lowest BCUT2D eigenvalue weighted by Crippen LogP contribution is -2.66. The molecule has 18 rings (SSSR count). The van der Waals surface area contributed by atoms with Crippen molar-refractivity contribution in [3.8, 4) is 5.75 Å². The molecule has 0 aromatic heterocycles. The molecule has 1 aromatic carbocycles. The van der Waals surface area contributed by atoms with Crippen molar-refractivity contribution in [1.29, 1.82) is 0 Å². The van der Waals surface area contributed by atoms with E-state index in [1.807, 2.05) is 26.0 Å². The molecule has 0 saturated heterocycles. The fourth-order valence-corrected chi connectivity index (χ4v) is 23.0. The Morgan fingerprint density at radius 2 is 0.840 bits per heavy atom. The molecule has 14 nitrogen and oxygen atoms in total. The zero-order valence-corrected chi connectivity index (χ0v) is 64.2. The first kappa shape index (κ1) is 79.1. The molecule has 16 bridgehead atoms. The van der Waals surface area contributed by atoms with Gasteiger partial charge in [-0.3, -0.25) is 0 Å². The van der Waals surface area contributed by atoms with Crippen molar-refractivity contribution in [1.82, 2.24) is 0 Å². The van der Waals surface area contributed by atoms with Crippen LogP contribution in [0.4, 0.5) is 0 Å². The Hall–Kier alpha value is -5.05. The van der Waals surface area contributed by atoms with Gasteiger partial charge in [0.15, 0.2) is 6.29 Å². The standard InChI is InChI=1S/C17H26O2.C16H24O2.C15H22O2.C14H20O4.C12H20O2.C12H18O2/c1-10(2)16(18)19-17(11(3)4)14-6-12-5-13(8-14)9-15(17)7-12;1-4-16(18-15(17)10(2)3)13-6-11-5-12(8-13)9-14(16)7-11;1-9(2)14(16)17-15(3)12-5-10-4-11(7-12)8-13(15)6-10;1-9(2)11(15)18-14-5-10-3-12(16,7-14)6-13(17,4-10)8-14;1-9(2)11(13)14-12(10(3)4)7-5-6-8-12;1-4-11-6-8-12(9-7-11)14-10(3)13-5-2/h11-15H,1,5-9H2,2-4H3;11-14H,2,4-9H2,1,3H3;10-13H,1,4-8H2,2-3H3;10,16-17H,1,3-8H2,2H3;10H,1,5-8H2,2-4H3;6-10H,4-5H2,1-3H3. The van der Waals surface area contributed by atoms with Crippen LogP contribution in [0.3, 0.4) is 0 Å². The summed E-state index contributed by atoms with van der Waals surface area (Å²) in [4.78, 5) is 59.2. The van der Waals surface area contributed by atoms with Crippen LogP contribution >= 0.6 is 0 Å². The molecule has 0 radical (unpaired) electrons. The Labute approximate surface area is 601 Å². The van der Waals surface area contributed by atoms with E-state index in [0.717, 1.165) is 86.2 Å². The van der Waals surface area contributed by atoms with E-state index in [1.54, 1.807) is 34.6 Å². The molecule has 17 aliphatic carbocycles. The summed E-state index contributed by atoms with van der Waals surface area (Å²) in [5.74, 6) is 9.78. The average molecular weight is 1390 g/mol. The third-order valence-corrected chi connectivity index (χ3v) is 26.9. The van der Waals surface area contributed by atoms with Crippen LogP contribution in [0, 0.1) is 88.8 Å². The van der Waals surface area contributed by atoms with Crippen molar-refractivity contribution in [2.24, 2.45) is 88.8 Å². The number of ether oxygens (including phenoxy) is 7. The van der Waals surface area contributed by atoms with Gasteiger partial charge >= 0.3 is 29.8 Å². The Kier molecular flexibility index (Phi) is 25.1. The van der Waals surface area contributed by atoms with Crippen LogP contribution in [-0.2, 0) is 58.8 Å². The predicted octanol–water partition coefficient (Wildman–Crippen LogP) is 18.4. The first-order valence-corrected chi connectivity index (χ1v) is 39.2. The van der Waals surface area contributed by atoms with Gasteiger partial charge in [0.05, 0.1) is 11.2 Å². The Morgan fingerprint density at radius 3 is 1.21 bits per heavy atom. The number of hydrogen-bond acceptors (Lipinski definition) is 14. The van der Waals surface area contributed by atoms with Crippen LogP contribution in [-0.4, -0.2) is 92.2 Å². The second-order valence-corrected chi connectivity index (χ2v) is 35.5. The minimum Gasteiger partial charge on any atom is -0.465 e. The van der Waals surface area contributed by atoms with Gasteiger partial charge in [-0.05, 0) is 316 Å². The molecule has 14 heteroatoms. The highest BCUT2D eigenvalue weighted by Gasteiger charge is 2.66. The fraction of sp³-hybridized carbons (Fsp3) is 0.756. The summed E-state index contributed by atoms with van der Waals surface area (Å²) in [5.41, 5.74) is 0.604. The largest absolute Gasteiger partial charge is 0.465 e. The Balaban J connectivity index is 0.000000141. The van der Waals surface area contributed by atoms with Crippen LogP contribution in [0.2, 0.25) is 0 Å². The molecule has 3 atom stereocenters. The maximum absolute atomic E-state index is 12.1. The highest BCUT2D eigenvalue weighted by molar-refractivity contribution is 5.89. The van der Waals surface area contributed by atoms with Crippen molar-refractivity contribution < 1.29 is 67.3 Å². The van der Waals surface area contributed by atoms with E-state index < -0.39 is 22.8 Å². The molecule has 0 heterocycles.